The van der Waals surface area contributed by atoms with E-state index in [9.17, 15) is 8.78 Å². The SMILES string of the molecule is CCNC(c1ccc(OC(F)F)cc1)c1ccc(CC)o1. The maximum atomic E-state index is 12.2. The Labute approximate surface area is 122 Å². The van der Waals surface area contributed by atoms with E-state index in [1.165, 1.54) is 12.1 Å². The summed E-state index contributed by atoms with van der Waals surface area (Å²) in [5.41, 5.74) is 0.940. The number of halogens is 2. The summed E-state index contributed by atoms with van der Waals surface area (Å²) in [7, 11) is 0. The van der Waals surface area contributed by atoms with Crippen molar-refractivity contribution in [3.8, 4) is 5.75 Å². The Morgan fingerprint density at radius 1 is 1.10 bits per heavy atom. The van der Waals surface area contributed by atoms with Gasteiger partial charge in [0.2, 0.25) is 0 Å². The first-order valence-electron chi connectivity index (χ1n) is 7.00. The summed E-state index contributed by atoms with van der Waals surface area (Å²) in [6.45, 7) is 1.99. The number of benzene rings is 1. The Balaban J connectivity index is 2.21. The summed E-state index contributed by atoms with van der Waals surface area (Å²) in [5, 5.41) is 3.33. The van der Waals surface area contributed by atoms with Gasteiger partial charge in [-0.2, -0.15) is 8.78 Å². The monoisotopic (exact) mass is 295 g/mol. The first-order valence-corrected chi connectivity index (χ1v) is 7.00. The molecule has 0 bridgehead atoms. The minimum atomic E-state index is -2.81. The highest BCUT2D eigenvalue weighted by molar-refractivity contribution is 5.33. The summed E-state index contributed by atoms with van der Waals surface area (Å²) in [4.78, 5) is 0. The molecule has 0 amide bonds. The summed E-state index contributed by atoms with van der Waals surface area (Å²) < 4.78 is 34.5. The van der Waals surface area contributed by atoms with Crippen LogP contribution in [-0.4, -0.2) is 13.2 Å². The van der Waals surface area contributed by atoms with Gasteiger partial charge in [-0.15, -0.1) is 0 Å². The number of aryl methyl sites for hydroxylation is 1. The third-order valence-electron chi connectivity index (χ3n) is 3.16. The van der Waals surface area contributed by atoms with Gasteiger partial charge in [0.1, 0.15) is 17.3 Å². The normalized spacial score (nSPS) is 12.6. The van der Waals surface area contributed by atoms with Crippen molar-refractivity contribution in [2.75, 3.05) is 6.54 Å². The zero-order valence-corrected chi connectivity index (χ0v) is 12.1. The minimum absolute atomic E-state index is 0.101. The second-order valence-electron chi connectivity index (χ2n) is 4.60. The molecule has 0 saturated heterocycles. The fraction of sp³-hybridized carbons (Fsp3) is 0.375. The topological polar surface area (TPSA) is 34.4 Å². The standard InChI is InChI=1S/C16H19F2NO2/c1-3-12-9-10-14(20-12)15(19-4-2)11-5-7-13(8-6-11)21-16(17)18/h5-10,15-16,19H,3-4H2,1-2H3. The zero-order chi connectivity index (χ0) is 15.2. The van der Waals surface area contributed by atoms with Crippen molar-refractivity contribution in [3.63, 3.8) is 0 Å². The highest BCUT2D eigenvalue weighted by Gasteiger charge is 2.17. The van der Waals surface area contributed by atoms with E-state index in [4.69, 9.17) is 4.42 Å². The number of hydrogen-bond acceptors (Lipinski definition) is 3. The molecule has 0 aliphatic heterocycles. The van der Waals surface area contributed by atoms with E-state index in [2.05, 4.69) is 10.1 Å². The van der Waals surface area contributed by atoms with Crippen LogP contribution in [0.5, 0.6) is 5.75 Å². The van der Waals surface area contributed by atoms with Gasteiger partial charge in [0.05, 0.1) is 6.04 Å². The van der Waals surface area contributed by atoms with Crippen LogP contribution in [0.15, 0.2) is 40.8 Å². The van der Waals surface area contributed by atoms with E-state index in [0.717, 1.165) is 30.0 Å². The second-order valence-corrected chi connectivity index (χ2v) is 4.60. The molecule has 5 heteroatoms. The molecule has 0 saturated carbocycles. The van der Waals surface area contributed by atoms with E-state index in [0.29, 0.717) is 0 Å². The van der Waals surface area contributed by atoms with E-state index in [-0.39, 0.29) is 11.8 Å². The van der Waals surface area contributed by atoms with Gasteiger partial charge in [-0.05, 0) is 36.4 Å². The lowest BCUT2D eigenvalue weighted by molar-refractivity contribution is -0.0498. The first-order chi connectivity index (χ1) is 10.1. The Kier molecular flexibility index (Phi) is 5.33. The van der Waals surface area contributed by atoms with Crippen molar-refractivity contribution in [2.24, 2.45) is 0 Å². The summed E-state index contributed by atoms with van der Waals surface area (Å²) >= 11 is 0. The van der Waals surface area contributed by atoms with Crippen LogP contribution in [0.2, 0.25) is 0 Å². The minimum Gasteiger partial charge on any atom is -0.464 e. The third kappa shape index (κ3) is 4.04. The van der Waals surface area contributed by atoms with Crippen molar-refractivity contribution >= 4 is 0 Å². The first kappa shape index (κ1) is 15.5. The highest BCUT2D eigenvalue weighted by atomic mass is 19.3. The van der Waals surface area contributed by atoms with Crippen LogP contribution in [0.3, 0.4) is 0 Å². The van der Waals surface area contributed by atoms with E-state index in [1.54, 1.807) is 12.1 Å². The van der Waals surface area contributed by atoms with Crippen LogP contribution < -0.4 is 10.1 Å². The van der Waals surface area contributed by atoms with Gasteiger partial charge in [0.15, 0.2) is 0 Å². The molecule has 0 aliphatic rings. The number of furan rings is 1. The van der Waals surface area contributed by atoms with Crippen molar-refractivity contribution < 1.29 is 17.9 Å². The Hall–Kier alpha value is -1.88. The van der Waals surface area contributed by atoms with E-state index in [1.807, 2.05) is 26.0 Å². The Morgan fingerprint density at radius 2 is 1.81 bits per heavy atom. The fourth-order valence-corrected chi connectivity index (χ4v) is 2.17. The van der Waals surface area contributed by atoms with Gasteiger partial charge in [0.25, 0.3) is 0 Å². The molecule has 114 valence electrons. The molecule has 1 aromatic heterocycles. The van der Waals surface area contributed by atoms with Crippen LogP contribution in [0.4, 0.5) is 8.78 Å². The maximum absolute atomic E-state index is 12.2. The average molecular weight is 295 g/mol. The van der Waals surface area contributed by atoms with E-state index >= 15 is 0 Å². The molecule has 2 rings (SSSR count). The molecule has 21 heavy (non-hydrogen) atoms. The van der Waals surface area contributed by atoms with Gasteiger partial charge in [0, 0.05) is 6.42 Å². The summed E-state index contributed by atoms with van der Waals surface area (Å²) in [6, 6.07) is 10.4. The predicted octanol–water partition coefficient (Wildman–Crippen LogP) is 4.14. The third-order valence-corrected chi connectivity index (χ3v) is 3.16. The van der Waals surface area contributed by atoms with Crippen molar-refractivity contribution in [3.05, 3.63) is 53.5 Å². The molecule has 0 spiro atoms. The molecule has 1 N–H and O–H groups in total. The van der Waals surface area contributed by atoms with Crippen molar-refractivity contribution in [2.45, 2.75) is 32.9 Å². The van der Waals surface area contributed by atoms with Crippen LogP contribution in [0, 0.1) is 0 Å². The molecular weight excluding hydrogens is 276 g/mol. The summed E-state index contributed by atoms with van der Waals surface area (Å²) in [6.07, 6.45) is 0.833. The van der Waals surface area contributed by atoms with Crippen LogP contribution in [0.25, 0.3) is 0 Å². The quantitative estimate of drug-likeness (QED) is 0.833. The Bertz CT molecular complexity index is 552. The lowest BCUT2D eigenvalue weighted by atomic mass is 10.0. The number of alkyl halides is 2. The number of hydrogen-bond donors (Lipinski definition) is 1. The van der Waals surface area contributed by atoms with Crippen LogP contribution in [-0.2, 0) is 6.42 Å². The lowest BCUT2D eigenvalue weighted by Gasteiger charge is -2.16. The smallest absolute Gasteiger partial charge is 0.387 e. The molecule has 1 heterocycles. The lowest BCUT2D eigenvalue weighted by Crippen LogP contribution is -2.21. The molecule has 0 fully saturated rings. The van der Waals surface area contributed by atoms with Gasteiger partial charge in [-0.3, -0.25) is 0 Å². The molecule has 0 aliphatic carbocycles. The van der Waals surface area contributed by atoms with Crippen LogP contribution in [0.1, 0.15) is 37.0 Å². The molecular formula is C16H19F2NO2. The van der Waals surface area contributed by atoms with Crippen LogP contribution >= 0.6 is 0 Å². The van der Waals surface area contributed by atoms with E-state index < -0.39 is 6.61 Å². The van der Waals surface area contributed by atoms with Crippen molar-refractivity contribution in [1.82, 2.24) is 5.32 Å². The number of ether oxygens (including phenoxy) is 1. The second kappa shape index (κ2) is 7.22. The Morgan fingerprint density at radius 3 is 2.33 bits per heavy atom. The van der Waals surface area contributed by atoms with Gasteiger partial charge in [-0.25, -0.2) is 0 Å². The van der Waals surface area contributed by atoms with Gasteiger partial charge in [-0.1, -0.05) is 26.0 Å². The number of rotatable bonds is 7. The maximum Gasteiger partial charge on any atom is 0.387 e. The number of nitrogens with one attached hydrogen (secondary N) is 1. The van der Waals surface area contributed by atoms with Gasteiger partial charge < -0.3 is 14.5 Å². The molecule has 3 nitrogen and oxygen atoms in total. The molecule has 2 aromatic rings. The molecule has 1 atom stereocenters. The zero-order valence-electron chi connectivity index (χ0n) is 12.1. The molecule has 1 aromatic carbocycles. The predicted molar refractivity (Wildman–Crippen MR) is 76.7 cm³/mol. The summed E-state index contributed by atoms with van der Waals surface area (Å²) in [5.74, 6) is 1.89. The average Bonchev–Trinajstić information content (AvgIpc) is 2.94. The highest BCUT2D eigenvalue weighted by Crippen LogP contribution is 2.26. The van der Waals surface area contributed by atoms with Crippen molar-refractivity contribution in [1.29, 1.82) is 0 Å². The molecule has 0 radical (unpaired) electrons. The molecule has 1 unspecified atom stereocenters. The van der Waals surface area contributed by atoms with Gasteiger partial charge >= 0.3 is 6.61 Å². The fourth-order valence-electron chi connectivity index (χ4n) is 2.17. The largest absolute Gasteiger partial charge is 0.464 e.